The monoisotopic (exact) mass is 390 g/mol. The van der Waals surface area contributed by atoms with Gasteiger partial charge in [-0.15, -0.1) is 0 Å². The van der Waals surface area contributed by atoms with Crippen molar-refractivity contribution in [1.82, 2.24) is 0 Å². The zero-order valence-electron chi connectivity index (χ0n) is 16.8. The molecule has 0 saturated carbocycles. The van der Waals surface area contributed by atoms with E-state index in [1.54, 1.807) is 6.92 Å². The van der Waals surface area contributed by atoms with Gasteiger partial charge in [-0.3, -0.25) is 4.79 Å². The number of aliphatic hydroxyl groups is 3. The van der Waals surface area contributed by atoms with E-state index >= 15 is 0 Å². The topological polar surface area (TPSA) is 105 Å². The first kappa shape index (κ1) is 24.3. The van der Waals surface area contributed by atoms with Crippen molar-refractivity contribution in [3.63, 3.8) is 0 Å². The highest BCUT2D eigenvalue weighted by atomic mass is 16.7. The summed E-state index contributed by atoms with van der Waals surface area (Å²) in [5.74, 6) is -0.440. The highest BCUT2D eigenvalue weighted by Crippen LogP contribution is 2.25. The number of esters is 1. The Kier molecular flexibility index (Phi) is 12.9. The van der Waals surface area contributed by atoms with Crippen LogP contribution in [-0.2, 0) is 19.0 Å². The molecule has 160 valence electrons. The first-order chi connectivity index (χ1) is 13.0. The van der Waals surface area contributed by atoms with Crippen molar-refractivity contribution in [3.05, 3.63) is 0 Å². The maximum Gasteiger partial charge on any atom is 0.306 e. The summed E-state index contributed by atoms with van der Waals surface area (Å²) in [5, 5.41) is 29.4. The fourth-order valence-corrected chi connectivity index (χ4v) is 3.27. The third kappa shape index (κ3) is 8.87. The van der Waals surface area contributed by atoms with Crippen LogP contribution < -0.4 is 0 Å². The van der Waals surface area contributed by atoms with Gasteiger partial charge < -0.3 is 29.5 Å². The smallest absolute Gasteiger partial charge is 0.306 e. The van der Waals surface area contributed by atoms with Gasteiger partial charge in [-0.1, -0.05) is 58.3 Å². The van der Waals surface area contributed by atoms with Gasteiger partial charge in [0.1, 0.15) is 18.3 Å². The van der Waals surface area contributed by atoms with Crippen LogP contribution in [0.15, 0.2) is 0 Å². The summed E-state index contributed by atoms with van der Waals surface area (Å²) in [6, 6.07) is 0. The molecule has 0 amide bonds. The van der Waals surface area contributed by atoms with Gasteiger partial charge in [0, 0.05) is 13.0 Å². The molecule has 0 radical (unpaired) electrons. The number of hydrogen-bond acceptors (Lipinski definition) is 7. The van der Waals surface area contributed by atoms with E-state index in [9.17, 15) is 20.1 Å². The lowest BCUT2D eigenvalue weighted by molar-refractivity contribution is -0.303. The Balaban J connectivity index is 2.28. The van der Waals surface area contributed by atoms with E-state index in [0.717, 1.165) is 19.3 Å². The third-order valence-electron chi connectivity index (χ3n) is 4.91. The first-order valence-corrected chi connectivity index (χ1v) is 10.5. The van der Waals surface area contributed by atoms with Crippen LogP contribution in [0.4, 0.5) is 0 Å². The second-order valence-electron chi connectivity index (χ2n) is 7.19. The SMILES string of the molecule is CCCCCCCCCCCC(=O)O[C@H]1C(OCC)O[C@H](CO)[C@@H](O)[C@@H]1O. The molecular weight excluding hydrogens is 352 g/mol. The molecule has 0 aromatic rings. The average Bonchev–Trinajstić information content (AvgIpc) is 2.66. The first-order valence-electron chi connectivity index (χ1n) is 10.5. The third-order valence-corrected chi connectivity index (χ3v) is 4.91. The van der Waals surface area contributed by atoms with E-state index in [1.807, 2.05) is 0 Å². The summed E-state index contributed by atoms with van der Waals surface area (Å²) in [6.07, 6.45) is 4.88. The van der Waals surface area contributed by atoms with Crippen molar-refractivity contribution in [2.45, 2.75) is 109 Å². The van der Waals surface area contributed by atoms with Gasteiger partial charge in [0.25, 0.3) is 0 Å². The largest absolute Gasteiger partial charge is 0.454 e. The molecule has 0 bridgehead atoms. The summed E-state index contributed by atoms with van der Waals surface area (Å²) in [5.41, 5.74) is 0. The maximum atomic E-state index is 12.1. The quantitative estimate of drug-likeness (QED) is 0.309. The van der Waals surface area contributed by atoms with Crippen LogP contribution in [0.25, 0.3) is 0 Å². The molecule has 1 unspecified atom stereocenters. The van der Waals surface area contributed by atoms with Crippen LogP contribution >= 0.6 is 0 Å². The van der Waals surface area contributed by atoms with Crippen LogP contribution in [0, 0.1) is 0 Å². The van der Waals surface area contributed by atoms with E-state index in [-0.39, 0.29) is 13.0 Å². The molecule has 1 aliphatic rings. The molecule has 1 rings (SSSR count). The summed E-state index contributed by atoms with van der Waals surface area (Å²) >= 11 is 0. The van der Waals surface area contributed by atoms with Crippen LogP contribution in [0.2, 0.25) is 0 Å². The molecule has 1 saturated heterocycles. The number of rotatable bonds is 14. The van der Waals surface area contributed by atoms with Crippen LogP contribution in [-0.4, -0.2) is 65.2 Å². The summed E-state index contributed by atoms with van der Waals surface area (Å²) < 4.78 is 16.1. The second kappa shape index (κ2) is 14.3. The Morgan fingerprint density at radius 2 is 1.52 bits per heavy atom. The Bertz CT molecular complexity index is 391. The minimum Gasteiger partial charge on any atom is -0.454 e. The molecular formula is C20H38O7. The number of carbonyl (C=O) groups is 1. The van der Waals surface area contributed by atoms with Crippen LogP contribution in [0.5, 0.6) is 0 Å². The molecule has 0 aliphatic carbocycles. The second-order valence-corrected chi connectivity index (χ2v) is 7.19. The molecule has 1 aliphatic heterocycles. The van der Waals surface area contributed by atoms with E-state index in [0.29, 0.717) is 0 Å². The summed E-state index contributed by atoms with van der Waals surface area (Å²) in [6.45, 7) is 3.79. The molecule has 3 N–H and O–H groups in total. The number of aliphatic hydroxyl groups excluding tert-OH is 3. The molecule has 1 heterocycles. The predicted molar refractivity (Wildman–Crippen MR) is 101 cm³/mol. The van der Waals surface area contributed by atoms with E-state index in [1.165, 1.54) is 38.5 Å². The van der Waals surface area contributed by atoms with Crippen molar-refractivity contribution in [1.29, 1.82) is 0 Å². The molecule has 7 heteroatoms. The van der Waals surface area contributed by atoms with Gasteiger partial charge in [0.15, 0.2) is 12.4 Å². The molecule has 1 fully saturated rings. The van der Waals surface area contributed by atoms with Crippen molar-refractivity contribution in [2.24, 2.45) is 0 Å². The van der Waals surface area contributed by atoms with Gasteiger partial charge in [-0.05, 0) is 13.3 Å². The Morgan fingerprint density at radius 1 is 0.926 bits per heavy atom. The van der Waals surface area contributed by atoms with Crippen molar-refractivity contribution >= 4 is 5.97 Å². The van der Waals surface area contributed by atoms with Gasteiger partial charge in [0.2, 0.25) is 0 Å². The van der Waals surface area contributed by atoms with Crippen LogP contribution in [0.1, 0.15) is 78.1 Å². The number of hydrogen-bond donors (Lipinski definition) is 3. The normalized spacial score (nSPS) is 28.3. The minimum atomic E-state index is -1.36. The Hall–Kier alpha value is -0.730. The van der Waals surface area contributed by atoms with Crippen molar-refractivity contribution in [2.75, 3.05) is 13.2 Å². The van der Waals surface area contributed by atoms with Gasteiger partial charge in [-0.2, -0.15) is 0 Å². The van der Waals surface area contributed by atoms with Crippen molar-refractivity contribution in [3.8, 4) is 0 Å². The fourth-order valence-electron chi connectivity index (χ4n) is 3.27. The number of unbranched alkanes of at least 4 members (excludes halogenated alkanes) is 8. The summed E-state index contributed by atoms with van der Waals surface area (Å²) in [4.78, 5) is 12.1. The fraction of sp³-hybridized carbons (Fsp3) is 0.950. The molecule has 0 aromatic heterocycles. The van der Waals surface area contributed by atoms with E-state index in [4.69, 9.17) is 14.2 Å². The zero-order valence-corrected chi connectivity index (χ0v) is 16.8. The molecule has 5 atom stereocenters. The van der Waals surface area contributed by atoms with Gasteiger partial charge in [-0.25, -0.2) is 0 Å². The van der Waals surface area contributed by atoms with Gasteiger partial charge >= 0.3 is 5.97 Å². The predicted octanol–water partition coefficient (Wildman–Crippen LogP) is 2.29. The zero-order chi connectivity index (χ0) is 20.1. The minimum absolute atomic E-state index is 0.261. The maximum absolute atomic E-state index is 12.1. The molecule has 0 aromatic carbocycles. The highest BCUT2D eigenvalue weighted by molar-refractivity contribution is 5.69. The average molecular weight is 391 g/mol. The summed E-state index contributed by atoms with van der Waals surface area (Å²) in [7, 11) is 0. The Morgan fingerprint density at radius 3 is 2.07 bits per heavy atom. The lowest BCUT2D eigenvalue weighted by Gasteiger charge is -2.41. The van der Waals surface area contributed by atoms with Gasteiger partial charge in [0.05, 0.1) is 6.61 Å². The number of carbonyl (C=O) groups excluding carboxylic acids is 1. The molecule has 7 nitrogen and oxygen atoms in total. The van der Waals surface area contributed by atoms with E-state index < -0.39 is 43.3 Å². The van der Waals surface area contributed by atoms with Crippen molar-refractivity contribution < 1.29 is 34.3 Å². The lowest BCUT2D eigenvalue weighted by Crippen LogP contribution is -2.60. The molecule has 0 spiro atoms. The lowest BCUT2D eigenvalue weighted by atomic mass is 9.99. The van der Waals surface area contributed by atoms with Crippen LogP contribution in [0.3, 0.4) is 0 Å². The Labute approximate surface area is 163 Å². The highest BCUT2D eigenvalue weighted by Gasteiger charge is 2.46. The number of ether oxygens (including phenoxy) is 3. The standard InChI is InChI=1S/C20H38O7/c1-3-5-6-7-8-9-10-11-12-13-16(22)27-19-18(24)17(23)15(14-21)26-20(19)25-4-2/h15,17-21,23-24H,3-14H2,1-2H3/t15-,17-,18+,19-,20?/m1/s1. The van der Waals surface area contributed by atoms with E-state index in [2.05, 4.69) is 6.92 Å². The molecule has 27 heavy (non-hydrogen) atoms.